The Morgan fingerprint density at radius 3 is 2.30 bits per heavy atom. The van der Waals surface area contributed by atoms with Crippen LogP contribution >= 0.6 is 0 Å². The number of ether oxygens (including phenoxy) is 1. The molecule has 0 saturated carbocycles. The second kappa shape index (κ2) is 5.82. The molecule has 2 aromatic rings. The second-order valence-electron chi connectivity index (χ2n) is 4.54. The van der Waals surface area contributed by atoms with Gasteiger partial charge >= 0.3 is 0 Å². The van der Waals surface area contributed by atoms with E-state index in [9.17, 15) is 13.6 Å². The van der Waals surface area contributed by atoms with Crippen LogP contribution in [0.3, 0.4) is 0 Å². The number of aryl methyl sites for hydroxylation is 1. The zero-order chi connectivity index (χ0) is 14.7. The Bertz CT molecular complexity index is 621. The van der Waals surface area contributed by atoms with Crippen molar-refractivity contribution in [1.29, 1.82) is 0 Å². The van der Waals surface area contributed by atoms with Gasteiger partial charge in [0.1, 0.15) is 17.4 Å². The van der Waals surface area contributed by atoms with Crippen LogP contribution < -0.4 is 4.74 Å². The van der Waals surface area contributed by atoms with Gasteiger partial charge in [-0.2, -0.15) is 0 Å². The van der Waals surface area contributed by atoms with E-state index in [1.165, 1.54) is 36.4 Å². The van der Waals surface area contributed by atoms with Gasteiger partial charge in [-0.1, -0.05) is 6.07 Å². The highest BCUT2D eigenvalue weighted by molar-refractivity contribution is 5.99. The summed E-state index contributed by atoms with van der Waals surface area (Å²) in [6, 6.07) is 9.38. The van der Waals surface area contributed by atoms with Crippen molar-refractivity contribution in [2.45, 2.75) is 20.0 Å². The summed E-state index contributed by atoms with van der Waals surface area (Å²) in [6.07, 6.45) is -0.777. The van der Waals surface area contributed by atoms with Crippen LogP contribution in [0.2, 0.25) is 0 Å². The van der Waals surface area contributed by atoms with Gasteiger partial charge in [0.2, 0.25) is 5.78 Å². The van der Waals surface area contributed by atoms with Gasteiger partial charge in [-0.05, 0) is 49.7 Å². The molecule has 0 aliphatic carbocycles. The standard InChI is InChI=1S/C16H14F2O2/c1-10-3-6-14(18)9-15(10)20-11(2)16(19)12-4-7-13(17)8-5-12/h3-9,11H,1-2H3. The molecule has 0 aliphatic rings. The first kappa shape index (κ1) is 14.2. The lowest BCUT2D eigenvalue weighted by Crippen LogP contribution is -2.24. The molecule has 4 heteroatoms. The van der Waals surface area contributed by atoms with Gasteiger partial charge in [-0.3, -0.25) is 4.79 Å². The molecular formula is C16H14F2O2. The van der Waals surface area contributed by atoms with Crippen molar-refractivity contribution >= 4 is 5.78 Å². The third-order valence-electron chi connectivity index (χ3n) is 2.95. The first-order valence-electron chi connectivity index (χ1n) is 6.20. The van der Waals surface area contributed by atoms with E-state index in [0.717, 1.165) is 5.56 Å². The average molecular weight is 276 g/mol. The molecule has 0 heterocycles. The SMILES string of the molecule is Cc1ccc(F)cc1OC(C)C(=O)c1ccc(F)cc1. The molecule has 20 heavy (non-hydrogen) atoms. The average Bonchev–Trinajstić information content (AvgIpc) is 2.43. The van der Waals surface area contributed by atoms with Crippen molar-refractivity contribution in [3.8, 4) is 5.75 Å². The van der Waals surface area contributed by atoms with Crippen molar-refractivity contribution < 1.29 is 18.3 Å². The van der Waals surface area contributed by atoms with E-state index >= 15 is 0 Å². The molecule has 0 radical (unpaired) electrons. The van der Waals surface area contributed by atoms with Crippen LogP contribution in [0.15, 0.2) is 42.5 Å². The third-order valence-corrected chi connectivity index (χ3v) is 2.95. The lowest BCUT2D eigenvalue weighted by atomic mass is 10.1. The number of carbonyl (C=O) groups excluding carboxylic acids is 1. The van der Waals surface area contributed by atoms with E-state index in [4.69, 9.17) is 4.74 Å². The summed E-state index contributed by atoms with van der Waals surface area (Å²) in [6.45, 7) is 3.35. The van der Waals surface area contributed by atoms with Gasteiger partial charge in [-0.15, -0.1) is 0 Å². The van der Waals surface area contributed by atoms with Crippen molar-refractivity contribution in [1.82, 2.24) is 0 Å². The Hall–Kier alpha value is -2.23. The van der Waals surface area contributed by atoms with Crippen LogP contribution in [0, 0.1) is 18.6 Å². The molecule has 0 saturated heterocycles. The molecule has 1 unspecified atom stereocenters. The summed E-state index contributed by atoms with van der Waals surface area (Å²) in [5.74, 6) is -0.787. The van der Waals surface area contributed by atoms with Gasteiger partial charge in [0, 0.05) is 11.6 Å². The number of Topliss-reactive ketones (excluding diaryl/α,β-unsaturated/α-hetero) is 1. The topological polar surface area (TPSA) is 26.3 Å². The predicted octanol–water partition coefficient (Wildman–Crippen LogP) is 3.92. The van der Waals surface area contributed by atoms with Crippen LogP contribution in [0.4, 0.5) is 8.78 Å². The summed E-state index contributed by atoms with van der Waals surface area (Å²) in [4.78, 5) is 12.1. The molecule has 0 bridgehead atoms. The molecule has 104 valence electrons. The largest absolute Gasteiger partial charge is 0.482 e. The Kier molecular flexibility index (Phi) is 4.13. The van der Waals surface area contributed by atoms with E-state index in [-0.39, 0.29) is 5.78 Å². The van der Waals surface area contributed by atoms with Crippen molar-refractivity contribution in [3.63, 3.8) is 0 Å². The van der Waals surface area contributed by atoms with E-state index in [1.807, 2.05) is 0 Å². The fraction of sp³-hybridized carbons (Fsp3) is 0.188. The molecule has 2 aromatic carbocycles. The minimum absolute atomic E-state index is 0.284. The molecule has 0 aliphatic heterocycles. The lowest BCUT2D eigenvalue weighted by Gasteiger charge is -2.15. The summed E-state index contributed by atoms with van der Waals surface area (Å²) >= 11 is 0. The lowest BCUT2D eigenvalue weighted by molar-refractivity contribution is 0.0816. The van der Waals surface area contributed by atoms with E-state index < -0.39 is 17.7 Å². The molecule has 0 fully saturated rings. The highest BCUT2D eigenvalue weighted by atomic mass is 19.1. The Morgan fingerprint density at radius 2 is 1.65 bits per heavy atom. The zero-order valence-electron chi connectivity index (χ0n) is 11.2. The van der Waals surface area contributed by atoms with Gasteiger partial charge in [-0.25, -0.2) is 8.78 Å². The molecule has 0 spiro atoms. The molecular weight excluding hydrogens is 262 g/mol. The van der Waals surface area contributed by atoms with Gasteiger partial charge in [0.15, 0.2) is 6.10 Å². The fourth-order valence-corrected chi connectivity index (χ4v) is 1.79. The molecule has 2 nitrogen and oxygen atoms in total. The van der Waals surface area contributed by atoms with Crippen molar-refractivity contribution in [2.24, 2.45) is 0 Å². The molecule has 2 rings (SSSR count). The normalized spacial score (nSPS) is 12.0. The first-order chi connectivity index (χ1) is 9.47. The molecule has 0 aromatic heterocycles. The van der Waals surface area contributed by atoms with Crippen LogP contribution in [0.5, 0.6) is 5.75 Å². The second-order valence-corrected chi connectivity index (χ2v) is 4.54. The van der Waals surface area contributed by atoms with Crippen LogP contribution in [0.1, 0.15) is 22.8 Å². The summed E-state index contributed by atoms with van der Waals surface area (Å²) in [5, 5.41) is 0. The van der Waals surface area contributed by atoms with Crippen LogP contribution in [0.25, 0.3) is 0 Å². The van der Waals surface area contributed by atoms with Crippen LogP contribution in [-0.2, 0) is 0 Å². The van der Waals surface area contributed by atoms with Gasteiger partial charge in [0.25, 0.3) is 0 Å². The van der Waals surface area contributed by atoms with Crippen LogP contribution in [-0.4, -0.2) is 11.9 Å². The monoisotopic (exact) mass is 276 g/mol. The number of ketones is 1. The van der Waals surface area contributed by atoms with E-state index in [1.54, 1.807) is 19.9 Å². The highest BCUT2D eigenvalue weighted by Gasteiger charge is 2.18. The number of benzene rings is 2. The van der Waals surface area contributed by atoms with Crippen molar-refractivity contribution in [2.75, 3.05) is 0 Å². The number of halogens is 2. The highest BCUT2D eigenvalue weighted by Crippen LogP contribution is 2.21. The summed E-state index contributed by atoms with van der Waals surface area (Å²) in [5.41, 5.74) is 1.10. The zero-order valence-corrected chi connectivity index (χ0v) is 11.2. The predicted molar refractivity (Wildman–Crippen MR) is 72.0 cm³/mol. The fourth-order valence-electron chi connectivity index (χ4n) is 1.79. The molecule has 0 N–H and O–H groups in total. The van der Waals surface area contributed by atoms with E-state index in [2.05, 4.69) is 0 Å². The number of hydrogen-bond acceptors (Lipinski definition) is 2. The van der Waals surface area contributed by atoms with Crippen molar-refractivity contribution in [3.05, 3.63) is 65.2 Å². The third kappa shape index (κ3) is 3.20. The van der Waals surface area contributed by atoms with E-state index in [0.29, 0.717) is 11.3 Å². The quantitative estimate of drug-likeness (QED) is 0.791. The Morgan fingerprint density at radius 1 is 1.05 bits per heavy atom. The molecule has 0 amide bonds. The maximum absolute atomic E-state index is 13.2. The number of carbonyl (C=O) groups is 1. The Balaban J connectivity index is 2.15. The first-order valence-corrected chi connectivity index (χ1v) is 6.20. The number of rotatable bonds is 4. The molecule has 1 atom stereocenters. The number of hydrogen-bond donors (Lipinski definition) is 0. The Labute approximate surface area is 116 Å². The van der Waals surface area contributed by atoms with Gasteiger partial charge in [0.05, 0.1) is 0 Å². The smallest absolute Gasteiger partial charge is 0.202 e. The van der Waals surface area contributed by atoms with Gasteiger partial charge < -0.3 is 4.74 Å². The maximum Gasteiger partial charge on any atom is 0.202 e. The summed E-state index contributed by atoms with van der Waals surface area (Å²) < 4.78 is 31.5. The minimum atomic E-state index is -0.777. The maximum atomic E-state index is 13.2. The summed E-state index contributed by atoms with van der Waals surface area (Å²) in [7, 11) is 0. The minimum Gasteiger partial charge on any atom is -0.482 e.